The fourth-order valence-electron chi connectivity index (χ4n) is 3.17. The number of rotatable bonds is 5. The number of aromatic nitrogens is 2. The average Bonchev–Trinajstić information content (AvgIpc) is 3.23. The van der Waals surface area contributed by atoms with Crippen LogP contribution in [0.25, 0.3) is 11.6 Å². The lowest BCUT2D eigenvalue weighted by Gasteiger charge is -2.14. The molecule has 0 radical (unpaired) electrons. The number of aromatic hydroxyl groups is 1. The van der Waals surface area contributed by atoms with Crippen LogP contribution >= 0.6 is 0 Å². The first-order chi connectivity index (χ1) is 14.2. The van der Waals surface area contributed by atoms with E-state index in [1.165, 1.54) is 0 Å². The number of nitrogens with zero attached hydrogens (tertiary/aromatic N) is 3. The first-order valence-corrected chi connectivity index (χ1v) is 9.09. The lowest BCUT2D eigenvalue weighted by molar-refractivity contribution is 0.401. The Morgan fingerprint density at radius 1 is 0.931 bits per heavy atom. The number of benzene rings is 3. The first kappa shape index (κ1) is 18.2. The molecule has 5 nitrogen and oxygen atoms in total. The molecule has 1 heterocycles. The molecule has 140 valence electrons. The maximum atomic E-state index is 9.63. The van der Waals surface area contributed by atoms with Crippen molar-refractivity contribution in [2.75, 3.05) is 0 Å². The van der Waals surface area contributed by atoms with Gasteiger partial charge in [0.25, 0.3) is 5.89 Å². The molecule has 1 aromatic heterocycles. The van der Waals surface area contributed by atoms with Crippen LogP contribution < -0.4 is 0 Å². The van der Waals surface area contributed by atoms with Gasteiger partial charge in [-0.1, -0.05) is 78.0 Å². The smallest absolute Gasteiger partial charge is 0.268 e. The highest BCUT2D eigenvalue weighted by Crippen LogP contribution is 2.31. The van der Waals surface area contributed by atoms with Crippen molar-refractivity contribution in [2.24, 2.45) is 0 Å². The van der Waals surface area contributed by atoms with Gasteiger partial charge in [0, 0.05) is 0 Å². The summed E-state index contributed by atoms with van der Waals surface area (Å²) in [6.07, 6.45) is 1.61. The molecule has 0 atom stereocenters. The van der Waals surface area contributed by atoms with Crippen molar-refractivity contribution < 1.29 is 9.63 Å². The Morgan fingerprint density at radius 3 is 2.17 bits per heavy atom. The zero-order valence-electron chi connectivity index (χ0n) is 15.4. The molecule has 0 amide bonds. The summed E-state index contributed by atoms with van der Waals surface area (Å²) in [5.74, 6) is 0.531. The van der Waals surface area contributed by atoms with Gasteiger partial charge < -0.3 is 9.63 Å². The largest absolute Gasteiger partial charge is 0.508 e. The Bertz CT molecular complexity index is 1140. The summed E-state index contributed by atoms with van der Waals surface area (Å²) in [5, 5.41) is 23.4. The van der Waals surface area contributed by atoms with Crippen LogP contribution in [0.4, 0.5) is 0 Å². The highest BCUT2D eigenvalue weighted by Gasteiger charge is 2.23. The van der Waals surface area contributed by atoms with Gasteiger partial charge >= 0.3 is 0 Å². The van der Waals surface area contributed by atoms with E-state index in [1.54, 1.807) is 30.3 Å². The van der Waals surface area contributed by atoms with Gasteiger partial charge in [-0.2, -0.15) is 10.2 Å². The second-order valence-corrected chi connectivity index (χ2v) is 6.48. The number of phenolic OH excluding ortho intramolecular Hbond substituents is 1. The first-order valence-electron chi connectivity index (χ1n) is 9.09. The quantitative estimate of drug-likeness (QED) is 0.492. The normalized spacial score (nSPS) is 11.4. The Labute approximate surface area is 168 Å². The minimum atomic E-state index is -0.212. The summed E-state index contributed by atoms with van der Waals surface area (Å²) >= 11 is 0. The average molecular weight is 379 g/mol. The minimum Gasteiger partial charge on any atom is -0.508 e. The lowest BCUT2D eigenvalue weighted by atomic mass is 9.91. The second kappa shape index (κ2) is 8.24. The predicted octanol–water partition coefficient (Wildman–Crippen LogP) is 5.02. The molecule has 3 aromatic carbocycles. The van der Waals surface area contributed by atoms with Crippen molar-refractivity contribution in [3.05, 3.63) is 113 Å². The lowest BCUT2D eigenvalue weighted by Crippen LogP contribution is -2.05. The van der Waals surface area contributed by atoms with Crippen molar-refractivity contribution in [3.63, 3.8) is 0 Å². The van der Waals surface area contributed by atoms with Crippen LogP contribution in [0, 0.1) is 11.3 Å². The SMILES string of the molecule is N#CC(=Cc1cccc(O)c1)c1nc(C(c2ccccc2)c2ccccc2)no1. The van der Waals surface area contributed by atoms with Crippen LogP contribution in [0.2, 0.25) is 0 Å². The van der Waals surface area contributed by atoms with Crippen LogP contribution in [0.15, 0.2) is 89.5 Å². The van der Waals surface area contributed by atoms with E-state index < -0.39 is 0 Å². The van der Waals surface area contributed by atoms with Crippen molar-refractivity contribution >= 4 is 11.6 Å². The van der Waals surface area contributed by atoms with Gasteiger partial charge in [-0.15, -0.1) is 0 Å². The highest BCUT2D eigenvalue weighted by molar-refractivity contribution is 5.86. The van der Waals surface area contributed by atoms with E-state index in [0.717, 1.165) is 11.1 Å². The third kappa shape index (κ3) is 4.07. The Kier molecular flexibility index (Phi) is 5.17. The molecule has 0 saturated carbocycles. The van der Waals surface area contributed by atoms with Gasteiger partial charge in [0.05, 0.1) is 5.92 Å². The monoisotopic (exact) mass is 379 g/mol. The van der Waals surface area contributed by atoms with Crippen molar-refractivity contribution in [1.82, 2.24) is 10.1 Å². The second-order valence-electron chi connectivity index (χ2n) is 6.48. The van der Waals surface area contributed by atoms with E-state index in [4.69, 9.17) is 4.52 Å². The van der Waals surface area contributed by atoms with Crippen molar-refractivity contribution in [1.29, 1.82) is 5.26 Å². The van der Waals surface area contributed by atoms with E-state index >= 15 is 0 Å². The molecule has 4 rings (SSSR count). The van der Waals surface area contributed by atoms with Gasteiger partial charge in [-0.25, -0.2) is 0 Å². The fraction of sp³-hybridized carbons (Fsp3) is 0.0417. The topological polar surface area (TPSA) is 82.9 Å². The molecule has 0 spiro atoms. The number of hydrogen-bond donors (Lipinski definition) is 1. The molecule has 0 fully saturated rings. The third-order valence-electron chi connectivity index (χ3n) is 4.50. The summed E-state index contributed by atoms with van der Waals surface area (Å²) in [6.45, 7) is 0. The summed E-state index contributed by atoms with van der Waals surface area (Å²) in [4.78, 5) is 4.52. The molecule has 0 aliphatic heterocycles. The van der Waals surface area contributed by atoms with Crippen LogP contribution in [0.5, 0.6) is 5.75 Å². The Hall–Kier alpha value is -4.17. The summed E-state index contributed by atoms with van der Waals surface area (Å²) in [7, 11) is 0. The molecular weight excluding hydrogens is 362 g/mol. The number of allylic oxidation sites excluding steroid dienone is 1. The summed E-state index contributed by atoms with van der Waals surface area (Å²) < 4.78 is 5.43. The zero-order chi connectivity index (χ0) is 20.1. The Morgan fingerprint density at radius 2 is 1.59 bits per heavy atom. The van der Waals surface area contributed by atoms with Gasteiger partial charge in [0.1, 0.15) is 17.4 Å². The van der Waals surface area contributed by atoms with Crippen molar-refractivity contribution in [2.45, 2.75) is 5.92 Å². The molecular formula is C24H17N3O2. The molecule has 0 aliphatic carbocycles. The molecule has 1 N–H and O–H groups in total. The molecule has 0 aliphatic rings. The highest BCUT2D eigenvalue weighted by atomic mass is 16.5. The van der Waals surface area contributed by atoms with Gasteiger partial charge in [-0.05, 0) is 34.9 Å². The van der Waals surface area contributed by atoms with Gasteiger partial charge in [0.2, 0.25) is 0 Å². The van der Waals surface area contributed by atoms with Crippen LogP contribution in [0.3, 0.4) is 0 Å². The van der Waals surface area contributed by atoms with E-state index in [1.807, 2.05) is 60.7 Å². The van der Waals surface area contributed by atoms with Crippen LogP contribution in [-0.2, 0) is 0 Å². The fourth-order valence-corrected chi connectivity index (χ4v) is 3.17. The van der Waals surface area contributed by atoms with E-state index in [9.17, 15) is 10.4 Å². The maximum absolute atomic E-state index is 9.63. The van der Waals surface area contributed by atoms with Gasteiger partial charge in [-0.3, -0.25) is 0 Å². The third-order valence-corrected chi connectivity index (χ3v) is 4.50. The molecule has 0 unspecified atom stereocenters. The predicted molar refractivity (Wildman–Crippen MR) is 110 cm³/mol. The summed E-state index contributed by atoms with van der Waals surface area (Å²) in [6, 6.07) is 28.6. The van der Waals surface area contributed by atoms with Crippen LogP contribution in [-0.4, -0.2) is 15.2 Å². The van der Waals surface area contributed by atoms with Crippen LogP contribution in [0.1, 0.15) is 34.3 Å². The van der Waals surface area contributed by atoms with E-state index in [2.05, 4.69) is 16.2 Å². The van der Waals surface area contributed by atoms with E-state index in [0.29, 0.717) is 11.4 Å². The summed E-state index contributed by atoms with van der Waals surface area (Å²) in [5.41, 5.74) is 2.96. The van der Waals surface area contributed by atoms with Gasteiger partial charge in [0.15, 0.2) is 5.82 Å². The number of hydrogen-bond acceptors (Lipinski definition) is 5. The number of nitriles is 1. The molecule has 4 aromatic rings. The standard InChI is InChI=1S/C24H17N3O2/c25-16-20(14-17-8-7-13-21(28)15-17)24-26-23(27-29-24)22(18-9-3-1-4-10-18)19-11-5-2-6-12-19/h1-15,22,28H. The Balaban J connectivity index is 1.75. The molecule has 29 heavy (non-hydrogen) atoms. The maximum Gasteiger partial charge on any atom is 0.268 e. The van der Waals surface area contributed by atoms with Crippen molar-refractivity contribution in [3.8, 4) is 11.8 Å². The molecule has 0 saturated heterocycles. The molecule has 0 bridgehead atoms. The number of phenols is 1. The minimum absolute atomic E-state index is 0.121. The molecule has 5 heteroatoms. The zero-order valence-corrected chi connectivity index (χ0v) is 15.4. The van der Waals surface area contributed by atoms with E-state index in [-0.39, 0.29) is 23.1 Å².